The molecular weight excluding hydrogens is 242 g/mol. The lowest BCUT2D eigenvalue weighted by molar-refractivity contribution is 0.107. The summed E-state index contributed by atoms with van der Waals surface area (Å²) < 4.78 is 37.1. The summed E-state index contributed by atoms with van der Waals surface area (Å²) >= 11 is 10.2. The average molecular weight is 244 g/mol. The molecule has 0 N–H and O–H groups in total. The summed E-state index contributed by atoms with van der Waals surface area (Å²) in [4.78, 5) is 13.6. The number of nitrogens with zero attached hydrogens (tertiary/aromatic N) is 1. The van der Waals surface area contributed by atoms with E-state index in [9.17, 15) is 18.0 Å². The summed E-state index contributed by atoms with van der Waals surface area (Å²) in [5.74, 6) is -1.22. The van der Waals surface area contributed by atoms with Crippen LogP contribution in [0.2, 0.25) is 5.15 Å². The molecule has 0 unspecified atom stereocenters. The lowest BCUT2D eigenvalue weighted by atomic mass is 10.2. The predicted molar refractivity (Wildman–Crippen MR) is 44.3 cm³/mol. The van der Waals surface area contributed by atoms with Crippen molar-refractivity contribution in [1.29, 1.82) is 0 Å². The van der Waals surface area contributed by atoms with Gasteiger partial charge in [-0.05, 0) is 17.7 Å². The third-order valence-electron chi connectivity index (χ3n) is 1.38. The number of pyridine rings is 1. The number of hydrogen-bond donors (Lipinski definition) is 0. The molecule has 0 saturated carbocycles. The zero-order valence-corrected chi connectivity index (χ0v) is 7.91. The monoisotopic (exact) mass is 243 g/mol. The highest BCUT2D eigenvalue weighted by Crippen LogP contribution is 2.27. The summed E-state index contributed by atoms with van der Waals surface area (Å²) in [6.45, 7) is 0. The molecule has 7 heteroatoms. The van der Waals surface area contributed by atoms with Crippen molar-refractivity contribution in [3.63, 3.8) is 0 Å². The van der Waals surface area contributed by atoms with Crippen LogP contribution in [0.4, 0.5) is 13.2 Å². The lowest BCUT2D eigenvalue weighted by Crippen LogP contribution is -2.02. The van der Waals surface area contributed by atoms with Crippen LogP contribution in [0.3, 0.4) is 0 Å². The number of carbonyl (C=O) groups is 1. The van der Waals surface area contributed by atoms with Crippen LogP contribution in [0.1, 0.15) is 22.5 Å². The van der Waals surface area contributed by atoms with Gasteiger partial charge in [-0.3, -0.25) is 4.79 Å². The Labute approximate surface area is 86.6 Å². The number of aromatic nitrogens is 1. The summed E-state index contributed by atoms with van der Waals surface area (Å²) in [6.07, 6.45) is -2.95. The smallest absolute Gasteiger partial charge is 0.273 e. The number of halogens is 5. The molecule has 0 spiro atoms. The van der Waals surface area contributed by atoms with Crippen LogP contribution in [0.5, 0.6) is 0 Å². The highest BCUT2D eigenvalue weighted by Gasteiger charge is 2.19. The number of hydrogen-bond acceptors (Lipinski definition) is 2. The van der Waals surface area contributed by atoms with E-state index in [1.54, 1.807) is 0 Å². The Balaban J connectivity index is 3.31. The summed E-state index contributed by atoms with van der Waals surface area (Å²) in [7, 11) is 0. The van der Waals surface area contributed by atoms with Gasteiger partial charge in [-0.2, -0.15) is 0 Å². The molecule has 0 aliphatic rings. The SMILES string of the molecule is O=C(Cl)c1nc(Cl)c(C(F)F)cc1F. The van der Waals surface area contributed by atoms with E-state index in [4.69, 9.17) is 23.2 Å². The van der Waals surface area contributed by atoms with Crippen molar-refractivity contribution in [1.82, 2.24) is 4.98 Å². The number of rotatable bonds is 2. The van der Waals surface area contributed by atoms with E-state index in [0.29, 0.717) is 6.07 Å². The van der Waals surface area contributed by atoms with Gasteiger partial charge in [-0.1, -0.05) is 11.6 Å². The van der Waals surface area contributed by atoms with Gasteiger partial charge in [0.05, 0.1) is 5.56 Å². The molecule has 0 aliphatic carbocycles. The molecule has 0 aromatic carbocycles. The van der Waals surface area contributed by atoms with Crippen molar-refractivity contribution in [3.05, 3.63) is 28.3 Å². The average Bonchev–Trinajstić information content (AvgIpc) is 2.07. The van der Waals surface area contributed by atoms with Crippen LogP contribution in [-0.4, -0.2) is 10.2 Å². The Bertz CT molecular complexity index is 383. The van der Waals surface area contributed by atoms with Gasteiger partial charge < -0.3 is 0 Å². The summed E-state index contributed by atoms with van der Waals surface area (Å²) in [5.41, 5.74) is -1.54. The number of carbonyl (C=O) groups excluding carboxylic acids is 1. The normalized spacial score (nSPS) is 10.7. The van der Waals surface area contributed by atoms with E-state index < -0.39 is 33.9 Å². The summed E-state index contributed by atoms with van der Waals surface area (Å²) in [5, 5.41) is -1.82. The quantitative estimate of drug-likeness (QED) is 0.590. The maximum atomic E-state index is 12.9. The molecule has 14 heavy (non-hydrogen) atoms. The molecule has 1 rings (SSSR count). The van der Waals surface area contributed by atoms with Gasteiger partial charge in [0, 0.05) is 0 Å². The Hall–Kier alpha value is -0.810. The molecule has 0 radical (unpaired) electrons. The van der Waals surface area contributed by atoms with Crippen molar-refractivity contribution in [2.24, 2.45) is 0 Å². The van der Waals surface area contributed by atoms with Gasteiger partial charge in [0.2, 0.25) is 0 Å². The van der Waals surface area contributed by atoms with Gasteiger partial charge in [-0.15, -0.1) is 0 Å². The third kappa shape index (κ3) is 2.16. The fourth-order valence-electron chi connectivity index (χ4n) is 0.771. The second-order valence-electron chi connectivity index (χ2n) is 2.27. The zero-order chi connectivity index (χ0) is 10.9. The minimum atomic E-state index is -2.95. The first kappa shape index (κ1) is 11.3. The van der Waals surface area contributed by atoms with Gasteiger partial charge in [-0.25, -0.2) is 18.2 Å². The summed E-state index contributed by atoms with van der Waals surface area (Å²) in [6, 6.07) is 0.440. The zero-order valence-electron chi connectivity index (χ0n) is 6.40. The lowest BCUT2D eigenvalue weighted by Gasteiger charge is -2.03. The van der Waals surface area contributed by atoms with Crippen molar-refractivity contribution >= 4 is 28.4 Å². The first-order valence-corrected chi connectivity index (χ1v) is 4.03. The van der Waals surface area contributed by atoms with Gasteiger partial charge in [0.15, 0.2) is 11.5 Å². The molecule has 0 saturated heterocycles. The van der Waals surface area contributed by atoms with E-state index >= 15 is 0 Å². The molecule has 1 heterocycles. The van der Waals surface area contributed by atoms with Gasteiger partial charge in [0.1, 0.15) is 5.15 Å². The number of alkyl halides is 2. The van der Waals surface area contributed by atoms with Crippen LogP contribution in [0.25, 0.3) is 0 Å². The van der Waals surface area contributed by atoms with Crippen molar-refractivity contribution < 1.29 is 18.0 Å². The molecule has 0 aliphatic heterocycles. The first-order valence-electron chi connectivity index (χ1n) is 3.27. The van der Waals surface area contributed by atoms with E-state index in [-0.39, 0.29) is 0 Å². The first-order chi connectivity index (χ1) is 6.43. The fraction of sp³-hybridized carbons (Fsp3) is 0.143. The second kappa shape index (κ2) is 4.14. The molecule has 0 atom stereocenters. The van der Waals surface area contributed by atoms with E-state index in [0.717, 1.165) is 0 Å². The molecule has 0 bridgehead atoms. The standard InChI is InChI=1S/C7H2Cl2F3NO/c8-5-2(7(11)12)1-3(10)4(13-5)6(9)14/h1,7H. The van der Waals surface area contributed by atoms with Crippen molar-refractivity contribution in [2.75, 3.05) is 0 Å². The Morgan fingerprint density at radius 2 is 2.07 bits per heavy atom. The minimum absolute atomic E-state index is 0.440. The second-order valence-corrected chi connectivity index (χ2v) is 2.97. The Kier molecular flexibility index (Phi) is 3.34. The highest BCUT2D eigenvalue weighted by atomic mass is 35.5. The van der Waals surface area contributed by atoms with E-state index in [2.05, 4.69) is 4.98 Å². The largest absolute Gasteiger partial charge is 0.274 e. The van der Waals surface area contributed by atoms with E-state index in [1.165, 1.54) is 0 Å². The van der Waals surface area contributed by atoms with Crippen LogP contribution in [0, 0.1) is 5.82 Å². The molecule has 0 fully saturated rings. The predicted octanol–water partition coefficient (Wildman–Crippen LogP) is 3.19. The highest BCUT2D eigenvalue weighted by molar-refractivity contribution is 6.67. The molecule has 1 aromatic heterocycles. The molecule has 76 valence electrons. The van der Waals surface area contributed by atoms with Crippen LogP contribution in [-0.2, 0) is 0 Å². The maximum Gasteiger partial charge on any atom is 0.273 e. The third-order valence-corrected chi connectivity index (χ3v) is 1.86. The van der Waals surface area contributed by atoms with Crippen LogP contribution < -0.4 is 0 Å². The molecule has 1 aromatic rings. The van der Waals surface area contributed by atoms with Crippen molar-refractivity contribution in [3.8, 4) is 0 Å². The maximum absolute atomic E-state index is 12.9. The van der Waals surface area contributed by atoms with E-state index in [1.807, 2.05) is 0 Å². The molecule has 0 amide bonds. The van der Waals surface area contributed by atoms with Crippen molar-refractivity contribution in [2.45, 2.75) is 6.43 Å². The topological polar surface area (TPSA) is 30.0 Å². The fourth-order valence-corrected chi connectivity index (χ4v) is 1.13. The van der Waals surface area contributed by atoms with Gasteiger partial charge in [0.25, 0.3) is 11.7 Å². The molecular formula is C7H2Cl2F3NO. The Morgan fingerprint density at radius 1 is 1.50 bits per heavy atom. The van der Waals surface area contributed by atoms with Crippen LogP contribution >= 0.6 is 23.2 Å². The minimum Gasteiger partial charge on any atom is -0.274 e. The van der Waals surface area contributed by atoms with Gasteiger partial charge >= 0.3 is 0 Å². The van der Waals surface area contributed by atoms with Crippen LogP contribution in [0.15, 0.2) is 6.07 Å². The molecule has 2 nitrogen and oxygen atoms in total. The Morgan fingerprint density at radius 3 is 2.50 bits per heavy atom.